The first-order valence-corrected chi connectivity index (χ1v) is 9.56. The van der Waals surface area contributed by atoms with Crippen molar-refractivity contribution in [3.05, 3.63) is 71.8 Å². The van der Waals surface area contributed by atoms with Crippen LogP contribution in [0.5, 0.6) is 0 Å². The number of unbranched alkanes of at least 4 members (excludes halogenated alkanes) is 1. The zero-order chi connectivity index (χ0) is 17.4. The molecule has 2 aromatic carbocycles. The fourth-order valence-electron chi connectivity index (χ4n) is 2.38. The van der Waals surface area contributed by atoms with Crippen LogP contribution >= 0.6 is 7.60 Å². The predicted octanol–water partition coefficient (Wildman–Crippen LogP) is 4.04. The van der Waals surface area contributed by atoms with Crippen molar-refractivity contribution in [2.24, 2.45) is 0 Å². The third-order valence-corrected chi connectivity index (χ3v) is 5.02. The number of carboxylic acids is 1. The van der Waals surface area contributed by atoms with E-state index in [4.69, 9.17) is 4.52 Å². The zero-order valence-electron chi connectivity index (χ0n) is 13.2. The lowest BCUT2D eigenvalue weighted by atomic mass is 10.1. The molecule has 0 radical (unpaired) electrons. The molecule has 0 amide bonds. The van der Waals surface area contributed by atoms with Crippen LogP contribution in [0.15, 0.2) is 60.7 Å². The van der Waals surface area contributed by atoms with E-state index < -0.39 is 19.7 Å². The normalized spacial score (nSPS) is 14.7. The molecule has 0 spiro atoms. The van der Waals surface area contributed by atoms with Crippen LogP contribution < -0.4 is 0 Å². The molecule has 0 aliphatic heterocycles. The van der Waals surface area contributed by atoms with Crippen LogP contribution in [0.4, 0.5) is 0 Å². The Kier molecular flexibility index (Phi) is 6.73. The van der Waals surface area contributed by atoms with E-state index in [0.29, 0.717) is 12.0 Å². The Morgan fingerprint density at radius 1 is 1.00 bits per heavy atom. The Morgan fingerprint density at radius 3 is 2.17 bits per heavy atom. The molecule has 0 heterocycles. The Morgan fingerprint density at radius 2 is 1.58 bits per heavy atom. The van der Waals surface area contributed by atoms with Crippen LogP contribution in [0.2, 0.25) is 0 Å². The minimum Gasteiger partial charge on any atom is -0.479 e. The Balaban J connectivity index is 1.87. The summed E-state index contributed by atoms with van der Waals surface area (Å²) in [6, 6.07) is 18.0. The van der Waals surface area contributed by atoms with Crippen molar-refractivity contribution in [2.75, 3.05) is 6.16 Å². The van der Waals surface area contributed by atoms with Gasteiger partial charge in [-0.05, 0) is 30.4 Å². The molecule has 0 saturated heterocycles. The molecule has 5 nitrogen and oxygen atoms in total. The van der Waals surface area contributed by atoms with E-state index in [9.17, 15) is 19.4 Å². The van der Waals surface area contributed by atoms with Crippen LogP contribution in [0, 0.1) is 0 Å². The highest BCUT2D eigenvalue weighted by Crippen LogP contribution is 2.47. The molecule has 24 heavy (non-hydrogen) atoms. The second-order valence-corrected chi connectivity index (χ2v) is 7.47. The lowest BCUT2D eigenvalue weighted by Crippen LogP contribution is -2.15. The smallest absolute Gasteiger partial charge is 0.338 e. The van der Waals surface area contributed by atoms with E-state index in [2.05, 4.69) is 0 Å². The summed E-state index contributed by atoms with van der Waals surface area (Å²) < 4.78 is 17.2. The molecule has 2 N–H and O–H groups in total. The van der Waals surface area contributed by atoms with Crippen LogP contribution in [0.25, 0.3) is 0 Å². The molecule has 0 fully saturated rings. The van der Waals surface area contributed by atoms with E-state index in [1.807, 2.05) is 30.3 Å². The molecule has 0 bridgehead atoms. The van der Waals surface area contributed by atoms with E-state index in [1.165, 1.54) is 5.56 Å². The summed E-state index contributed by atoms with van der Waals surface area (Å²) in [6.07, 6.45) is 0.541. The van der Waals surface area contributed by atoms with E-state index >= 15 is 0 Å². The third kappa shape index (κ3) is 5.93. The van der Waals surface area contributed by atoms with Crippen molar-refractivity contribution in [1.82, 2.24) is 0 Å². The number of carboxylic acid groups (broad SMARTS) is 1. The number of carbonyl (C=O) groups is 1. The largest absolute Gasteiger partial charge is 0.479 e. The van der Waals surface area contributed by atoms with Crippen LogP contribution in [0.3, 0.4) is 0 Å². The predicted molar refractivity (Wildman–Crippen MR) is 92.0 cm³/mol. The third-order valence-electron chi connectivity index (χ3n) is 3.60. The molecular weight excluding hydrogens is 327 g/mol. The Hall–Kier alpha value is -1.94. The summed E-state index contributed by atoms with van der Waals surface area (Å²) in [6.45, 7) is 0. The van der Waals surface area contributed by atoms with Crippen molar-refractivity contribution >= 4 is 13.6 Å². The van der Waals surface area contributed by atoms with Gasteiger partial charge in [0, 0.05) is 0 Å². The first-order chi connectivity index (χ1) is 11.5. The summed E-state index contributed by atoms with van der Waals surface area (Å²) in [7, 11) is -3.97. The highest BCUT2D eigenvalue weighted by Gasteiger charge is 2.30. The van der Waals surface area contributed by atoms with Crippen LogP contribution in [-0.4, -0.2) is 22.1 Å². The van der Waals surface area contributed by atoms with Crippen molar-refractivity contribution in [1.29, 1.82) is 0 Å². The maximum Gasteiger partial charge on any atom is 0.338 e. The summed E-state index contributed by atoms with van der Waals surface area (Å²) in [4.78, 5) is 21.3. The number of hydrogen-bond acceptors (Lipinski definition) is 3. The quantitative estimate of drug-likeness (QED) is 0.528. The Labute approximate surface area is 141 Å². The minimum atomic E-state index is -3.97. The minimum absolute atomic E-state index is 0.0591. The first-order valence-electron chi connectivity index (χ1n) is 7.80. The SMILES string of the molecule is O=C(O)C(OP(=O)(O)CCCCc1ccccc1)c1ccccc1. The lowest BCUT2D eigenvalue weighted by molar-refractivity contribution is -0.145. The number of aliphatic carboxylic acids is 1. The zero-order valence-corrected chi connectivity index (χ0v) is 14.1. The second kappa shape index (κ2) is 8.78. The van der Waals surface area contributed by atoms with Gasteiger partial charge >= 0.3 is 13.6 Å². The molecule has 0 aliphatic rings. The number of hydrogen-bond donors (Lipinski definition) is 2. The number of rotatable bonds is 9. The molecule has 0 aliphatic carbocycles. The summed E-state index contributed by atoms with van der Waals surface area (Å²) in [5.41, 5.74) is 1.52. The van der Waals surface area contributed by atoms with Gasteiger partial charge in [0.05, 0.1) is 6.16 Å². The fourth-order valence-corrected chi connectivity index (χ4v) is 3.65. The van der Waals surface area contributed by atoms with Gasteiger partial charge in [-0.15, -0.1) is 0 Å². The van der Waals surface area contributed by atoms with Gasteiger partial charge in [-0.3, -0.25) is 9.09 Å². The van der Waals surface area contributed by atoms with Crippen LogP contribution in [-0.2, 0) is 20.3 Å². The van der Waals surface area contributed by atoms with Gasteiger partial charge in [0.1, 0.15) is 0 Å². The molecule has 2 aromatic rings. The van der Waals surface area contributed by atoms with Crippen molar-refractivity contribution in [3.8, 4) is 0 Å². The van der Waals surface area contributed by atoms with Crippen LogP contribution in [0.1, 0.15) is 30.1 Å². The number of benzene rings is 2. The van der Waals surface area contributed by atoms with Gasteiger partial charge < -0.3 is 10.00 Å². The standard InChI is InChI=1S/C18H21O5P/c19-18(20)17(16-12-5-2-6-13-16)23-24(21,22)14-8-7-11-15-9-3-1-4-10-15/h1-6,9-10,12-13,17H,7-8,11,14H2,(H,19,20)(H,21,22). The molecule has 0 saturated carbocycles. The monoisotopic (exact) mass is 348 g/mol. The molecule has 6 heteroatoms. The molecule has 2 unspecified atom stereocenters. The Bertz CT molecular complexity index is 687. The van der Waals surface area contributed by atoms with Gasteiger partial charge in [0.15, 0.2) is 6.10 Å². The van der Waals surface area contributed by atoms with Gasteiger partial charge in [0.25, 0.3) is 0 Å². The van der Waals surface area contributed by atoms with Gasteiger partial charge in [-0.25, -0.2) is 4.79 Å². The lowest BCUT2D eigenvalue weighted by Gasteiger charge is -2.18. The maximum atomic E-state index is 12.2. The molecule has 2 atom stereocenters. The van der Waals surface area contributed by atoms with E-state index in [1.54, 1.807) is 30.3 Å². The van der Waals surface area contributed by atoms with Crippen molar-refractivity contribution < 1.29 is 23.9 Å². The molecular formula is C18H21O5P. The van der Waals surface area contributed by atoms with Crippen molar-refractivity contribution in [3.63, 3.8) is 0 Å². The topological polar surface area (TPSA) is 83.8 Å². The highest BCUT2D eigenvalue weighted by molar-refractivity contribution is 7.52. The van der Waals surface area contributed by atoms with Gasteiger partial charge in [0.2, 0.25) is 0 Å². The summed E-state index contributed by atoms with van der Waals surface area (Å²) in [5.74, 6) is -1.28. The fraction of sp³-hybridized carbons (Fsp3) is 0.278. The summed E-state index contributed by atoms with van der Waals surface area (Å²) >= 11 is 0. The average Bonchev–Trinajstić information content (AvgIpc) is 2.58. The molecule has 2 rings (SSSR count). The van der Waals surface area contributed by atoms with Crippen molar-refractivity contribution in [2.45, 2.75) is 25.4 Å². The average molecular weight is 348 g/mol. The molecule has 0 aromatic heterocycles. The second-order valence-electron chi connectivity index (χ2n) is 5.54. The van der Waals surface area contributed by atoms with E-state index in [0.717, 1.165) is 12.8 Å². The highest BCUT2D eigenvalue weighted by atomic mass is 31.2. The van der Waals surface area contributed by atoms with E-state index in [-0.39, 0.29) is 6.16 Å². The van der Waals surface area contributed by atoms with Gasteiger partial charge in [-0.1, -0.05) is 60.7 Å². The number of aryl methyl sites for hydroxylation is 1. The first kappa shape index (κ1) is 18.4. The molecule has 128 valence electrons. The maximum absolute atomic E-state index is 12.2. The summed E-state index contributed by atoms with van der Waals surface area (Å²) in [5, 5.41) is 9.25. The van der Waals surface area contributed by atoms with Gasteiger partial charge in [-0.2, -0.15) is 0 Å².